The van der Waals surface area contributed by atoms with Crippen molar-refractivity contribution in [3.63, 3.8) is 0 Å². The molecule has 10 heteroatoms. The maximum atomic E-state index is 13.5. The van der Waals surface area contributed by atoms with Crippen LogP contribution < -0.4 is 26.1 Å². The summed E-state index contributed by atoms with van der Waals surface area (Å²) in [5, 5.41) is 3.51. The Kier molecular flexibility index (Phi) is 7.02. The summed E-state index contributed by atoms with van der Waals surface area (Å²) in [4.78, 5) is 42.0. The SMILES string of the molecule is COc1ccc(OC)c(-n2c(SCC(=O)Nc3ccc(C(N)=O)cc3)nc3ccccc3c2=O)c1. The molecule has 0 saturated carbocycles. The number of methoxy groups -OCH3 is 2. The lowest BCUT2D eigenvalue weighted by atomic mass is 10.2. The van der Waals surface area contributed by atoms with Gasteiger partial charge in [-0.2, -0.15) is 0 Å². The number of thioether (sulfide) groups is 1. The number of anilines is 1. The molecule has 1 heterocycles. The number of ether oxygens (including phenoxy) is 2. The van der Waals surface area contributed by atoms with Gasteiger partial charge in [-0.05, 0) is 48.5 Å². The van der Waals surface area contributed by atoms with Crippen LogP contribution in [0.1, 0.15) is 10.4 Å². The predicted octanol–water partition coefficient (Wildman–Crippen LogP) is 3.23. The van der Waals surface area contributed by atoms with Crippen LogP contribution in [0.5, 0.6) is 11.5 Å². The quantitative estimate of drug-likeness (QED) is 0.287. The molecule has 178 valence electrons. The predicted molar refractivity (Wildman–Crippen MR) is 135 cm³/mol. The first-order chi connectivity index (χ1) is 16.9. The molecule has 9 nitrogen and oxygen atoms in total. The third-order valence-electron chi connectivity index (χ3n) is 5.16. The minimum atomic E-state index is -0.549. The molecule has 35 heavy (non-hydrogen) atoms. The van der Waals surface area contributed by atoms with Crippen LogP contribution in [0.15, 0.2) is 76.7 Å². The summed E-state index contributed by atoms with van der Waals surface area (Å²) in [5.74, 6) is 0.106. The molecule has 0 radical (unpaired) electrons. The Hall–Kier alpha value is -4.31. The second kappa shape index (κ2) is 10.3. The molecule has 0 bridgehead atoms. The fraction of sp³-hybridized carbons (Fsp3) is 0.120. The Labute approximate surface area is 204 Å². The van der Waals surface area contributed by atoms with Gasteiger partial charge in [-0.15, -0.1) is 0 Å². The Morgan fingerprint density at radius 2 is 1.77 bits per heavy atom. The van der Waals surface area contributed by atoms with E-state index in [0.29, 0.717) is 44.5 Å². The molecule has 1 aromatic heterocycles. The molecule has 0 aliphatic heterocycles. The number of primary amides is 1. The fourth-order valence-electron chi connectivity index (χ4n) is 3.44. The maximum Gasteiger partial charge on any atom is 0.266 e. The number of carbonyl (C=O) groups excluding carboxylic acids is 2. The molecule has 0 aliphatic carbocycles. The van der Waals surface area contributed by atoms with Crippen molar-refractivity contribution in [2.75, 3.05) is 25.3 Å². The molecule has 4 aromatic rings. The zero-order chi connectivity index (χ0) is 24.9. The lowest BCUT2D eigenvalue weighted by Crippen LogP contribution is -2.23. The second-order valence-corrected chi connectivity index (χ2v) is 8.31. The highest BCUT2D eigenvalue weighted by Gasteiger charge is 2.18. The number of hydrogen-bond donors (Lipinski definition) is 2. The first kappa shape index (κ1) is 23.8. The van der Waals surface area contributed by atoms with Gasteiger partial charge in [0.1, 0.15) is 11.5 Å². The number of nitrogens with one attached hydrogen (secondary N) is 1. The van der Waals surface area contributed by atoms with Crippen LogP contribution in [-0.4, -0.2) is 41.3 Å². The lowest BCUT2D eigenvalue weighted by Gasteiger charge is -2.16. The van der Waals surface area contributed by atoms with Crippen molar-refractivity contribution in [2.45, 2.75) is 5.16 Å². The van der Waals surface area contributed by atoms with E-state index in [1.807, 2.05) is 0 Å². The van der Waals surface area contributed by atoms with Gasteiger partial charge in [0.25, 0.3) is 5.56 Å². The molecule has 0 fully saturated rings. The summed E-state index contributed by atoms with van der Waals surface area (Å²) in [7, 11) is 3.04. The fourth-order valence-corrected chi connectivity index (χ4v) is 4.24. The minimum Gasteiger partial charge on any atom is -0.497 e. The monoisotopic (exact) mass is 490 g/mol. The van der Waals surface area contributed by atoms with E-state index in [1.54, 1.807) is 54.6 Å². The maximum absolute atomic E-state index is 13.5. The number of para-hydroxylation sites is 1. The van der Waals surface area contributed by atoms with Crippen LogP contribution in [0.3, 0.4) is 0 Å². The van der Waals surface area contributed by atoms with Crippen molar-refractivity contribution in [3.8, 4) is 17.2 Å². The smallest absolute Gasteiger partial charge is 0.266 e. The number of fused-ring (bicyclic) bond motifs is 1. The highest BCUT2D eigenvalue weighted by atomic mass is 32.2. The summed E-state index contributed by atoms with van der Waals surface area (Å²) >= 11 is 1.11. The van der Waals surface area contributed by atoms with Crippen LogP contribution in [0.2, 0.25) is 0 Å². The van der Waals surface area contributed by atoms with Crippen molar-refractivity contribution < 1.29 is 19.1 Å². The van der Waals surface area contributed by atoms with Crippen molar-refractivity contribution in [2.24, 2.45) is 5.73 Å². The van der Waals surface area contributed by atoms with Gasteiger partial charge in [0.15, 0.2) is 5.16 Å². The van der Waals surface area contributed by atoms with E-state index < -0.39 is 5.91 Å². The van der Waals surface area contributed by atoms with Gasteiger partial charge in [0, 0.05) is 17.3 Å². The number of carbonyl (C=O) groups is 2. The number of rotatable bonds is 8. The van der Waals surface area contributed by atoms with Gasteiger partial charge < -0.3 is 20.5 Å². The molecule has 4 rings (SSSR count). The highest BCUT2D eigenvalue weighted by Crippen LogP contribution is 2.30. The van der Waals surface area contributed by atoms with Crippen molar-refractivity contribution in [3.05, 3.63) is 82.6 Å². The highest BCUT2D eigenvalue weighted by molar-refractivity contribution is 7.99. The first-order valence-corrected chi connectivity index (χ1v) is 11.5. The molecule has 0 atom stereocenters. The number of aromatic nitrogens is 2. The zero-order valence-corrected chi connectivity index (χ0v) is 19.8. The van der Waals surface area contributed by atoms with Crippen LogP contribution in [0, 0.1) is 0 Å². The number of hydrogen-bond acceptors (Lipinski definition) is 7. The second-order valence-electron chi connectivity index (χ2n) is 7.37. The van der Waals surface area contributed by atoms with Crippen LogP contribution >= 0.6 is 11.8 Å². The van der Waals surface area contributed by atoms with Crippen molar-refractivity contribution in [1.29, 1.82) is 0 Å². The van der Waals surface area contributed by atoms with Gasteiger partial charge >= 0.3 is 0 Å². The van der Waals surface area contributed by atoms with Crippen molar-refractivity contribution >= 4 is 40.2 Å². The lowest BCUT2D eigenvalue weighted by molar-refractivity contribution is -0.113. The number of nitrogens with two attached hydrogens (primary N) is 1. The molecule has 2 amide bonds. The molecule has 3 aromatic carbocycles. The molecular formula is C25H22N4O5S. The van der Waals surface area contributed by atoms with Gasteiger partial charge in [0.05, 0.1) is 36.6 Å². The molecule has 0 spiro atoms. The van der Waals surface area contributed by atoms with Crippen molar-refractivity contribution in [1.82, 2.24) is 9.55 Å². The molecular weight excluding hydrogens is 468 g/mol. The third kappa shape index (κ3) is 5.12. The van der Waals surface area contributed by atoms with Crippen LogP contribution in [-0.2, 0) is 4.79 Å². The average molecular weight is 491 g/mol. The van der Waals surface area contributed by atoms with Crippen LogP contribution in [0.25, 0.3) is 16.6 Å². The number of amides is 2. The molecule has 0 saturated heterocycles. The van der Waals surface area contributed by atoms with Gasteiger partial charge in [-0.25, -0.2) is 4.98 Å². The summed E-state index contributed by atoms with van der Waals surface area (Å²) in [5.41, 5.74) is 6.76. The number of benzene rings is 3. The largest absolute Gasteiger partial charge is 0.497 e. The standard InChI is InChI=1S/C25H22N4O5S/c1-33-17-11-12-21(34-2)20(13-17)29-24(32)18-5-3-4-6-19(18)28-25(29)35-14-22(30)27-16-9-7-15(8-10-16)23(26)31/h3-13H,14H2,1-2H3,(H2,26,31)(H,27,30). The van der Waals surface area contributed by atoms with E-state index in [4.69, 9.17) is 15.2 Å². The summed E-state index contributed by atoms with van der Waals surface area (Å²) < 4.78 is 12.2. The topological polar surface area (TPSA) is 126 Å². The molecule has 0 aliphatic rings. The first-order valence-electron chi connectivity index (χ1n) is 10.5. The van der Waals surface area contributed by atoms with E-state index >= 15 is 0 Å². The zero-order valence-electron chi connectivity index (χ0n) is 19.0. The Morgan fingerprint density at radius 1 is 1.03 bits per heavy atom. The van der Waals surface area contributed by atoms with E-state index in [-0.39, 0.29) is 17.2 Å². The van der Waals surface area contributed by atoms with Gasteiger partial charge in [-0.1, -0.05) is 23.9 Å². The molecule has 0 unspecified atom stereocenters. The van der Waals surface area contributed by atoms with E-state index in [1.165, 1.54) is 30.9 Å². The normalized spacial score (nSPS) is 10.7. The van der Waals surface area contributed by atoms with E-state index in [0.717, 1.165) is 11.8 Å². The van der Waals surface area contributed by atoms with Crippen LogP contribution in [0.4, 0.5) is 5.69 Å². The number of nitrogens with zero attached hydrogens (tertiary/aromatic N) is 2. The minimum absolute atomic E-state index is 0.0192. The van der Waals surface area contributed by atoms with E-state index in [2.05, 4.69) is 10.3 Å². The van der Waals surface area contributed by atoms with Gasteiger partial charge in [-0.3, -0.25) is 19.0 Å². The average Bonchev–Trinajstić information content (AvgIpc) is 2.87. The third-order valence-corrected chi connectivity index (χ3v) is 6.10. The Balaban J connectivity index is 1.69. The Morgan fingerprint density at radius 3 is 2.46 bits per heavy atom. The Bertz CT molecular complexity index is 1470. The van der Waals surface area contributed by atoms with Gasteiger partial charge in [0.2, 0.25) is 11.8 Å². The summed E-state index contributed by atoms with van der Waals surface area (Å²) in [6.07, 6.45) is 0. The van der Waals surface area contributed by atoms with E-state index in [9.17, 15) is 14.4 Å². The summed E-state index contributed by atoms with van der Waals surface area (Å²) in [6, 6.07) is 18.4. The molecule has 3 N–H and O–H groups in total. The summed E-state index contributed by atoms with van der Waals surface area (Å²) in [6.45, 7) is 0.